The Labute approximate surface area is 219 Å². The fourth-order valence-electron chi connectivity index (χ4n) is 3.14. The Hall–Kier alpha value is -2.40. The fraction of sp³-hybridized carbons (Fsp3) is 0.217. The number of benzene rings is 2. The van der Waals surface area contributed by atoms with E-state index in [1.54, 1.807) is 0 Å². The van der Waals surface area contributed by atoms with E-state index in [0.717, 1.165) is 21.5 Å². The van der Waals surface area contributed by atoms with Crippen molar-refractivity contribution in [3.05, 3.63) is 69.2 Å². The highest BCUT2D eigenvalue weighted by atomic mass is 79.9. The fourth-order valence-corrected chi connectivity index (χ4v) is 5.08. The van der Waals surface area contributed by atoms with Gasteiger partial charge < -0.3 is 14.6 Å². The maximum absolute atomic E-state index is 12.5. The van der Waals surface area contributed by atoms with Crippen LogP contribution in [0.15, 0.2) is 63.5 Å². The molecule has 0 bridgehead atoms. The molecular formula is C23H21BrClN5O2S2. The highest BCUT2D eigenvalue weighted by Crippen LogP contribution is 2.28. The number of hydrogen-bond acceptors (Lipinski definition) is 7. The van der Waals surface area contributed by atoms with Crippen molar-refractivity contribution >= 4 is 61.7 Å². The normalized spacial score (nSPS) is 11.9. The molecule has 0 aliphatic rings. The minimum absolute atomic E-state index is 0.159. The lowest BCUT2D eigenvalue weighted by atomic mass is 10.2. The molecule has 2 aromatic heterocycles. The Morgan fingerprint density at radius 1 is 1.21 bits per heavy atom. The Balaban J connectivity index is 1.35. The van der Waals surface area contributed by atoms with Gasteiger partial charge in [-0.05, 0) is 50.2 Å². The van der Waals surface area contributed by atoms with Gasteiger partial charge in [-0.25, -0.2) is 4.98 Å². The second-order valence-electron chi connectivity index (χ2n) is 7.18. The molecule has 0 radical (unpaired) electrons. The number of halogens is 2. The predicted octanol–water partition coefficient (Wildman–Crippen LogP) is 6.71. The quantitative estimate of drug-likeness (QED) is 0.222. The van der Waals surface area contributed by atoms with Gasteiger partial charge in [0.1, 0.15) is 5.75 Å². The first-order chi connectivity index (χ1) is 16.4. The molecule has 0 aliphatic carbocycles. The molecule has 7 nitrogen and oxygen atoms in total. The second kappa shape index (κ2) is 11.4. The van der Waals surface area contributed by atoms with Crippen LogP contribution in [0.1, 0.15) is 25.8 Å². The van der Waals surface area contributed by atoms with Crippen molar-refractivity contribution in [1.29, 1.82) is 0 Å². The molecule has 4 aromatic rings. The summed E-state index contributed by atoms with van der Waals surface area (Å²) in [6, 6.07) is 15.1. The van der Waals surface area contributed by atoms with E-state index in [9.17, 15) is 4.79 Å². The second-order valence-corrected chi connectivity index (χ2v) is 10.3. The molecule has 2 aromatic carbocycles. The number of anilines is 1. The van der Waals surface area contributed by atoms with Crippen molar-refractivity contribution < 1.29 is 9.53 Å². The zero-order chi connectivity index (χ0) is 24.1. The molecule has 0 saturated carbocycles. The standard InChI is InChI=1S/C23H21BrClN5O2S2/c1-3-30-21(14(2)32-18-10-6-16(24)7-11-18)28-29-23(30)34-13-20(31)27-22-26-19(12-33-22)15-4-8-17(25)9-5-15/h4-12,14H,3,13H2,1-2H3,(H,26,27,31). The first-order valence-corrected chi connectivity index (χ1v) is 13.5. The monoisotopic (exact) mass is 577 g/mol. The van der Waals surface area contributed by atoms with Crippen LogP contribution < -0.4 is 10.1 Å². The molecule has 1 unspecified atom stereocenters. The van der Waals surface area contributed by atoms with E-state index < -0.39 is 0 Å². The topological polar surface area (TPSA) is 81.9 Å². The van der Waals surface area contributed by atoms with Gasteiger partial charge in [-0.2, -0.15) is 0 Å². The van der Waals surface area contributed by atoms with Crippen molar-refractivity contribution in [1.82, 2.24) is 19.7 Å². The van der Waals surface area contributed by atoms with Gasteiger partial charge >= 0.3 is 0 Å². The number of carbonyl (C=O) groups excluding carboxylic acids is 1. The van der Waals surface area contributed by atoms with E-state index >= 15 is 0 Å². The van der Waals surface area contributed by atoms with Gasteiger partial charge in [0.15, 0.2) is 22.2 Å². The summed E-state index contributed by atoms with van der Waals surface area (Å²) < 4.78 is 8.96. The molecule has 34 heavy (non-hydrogen) atoms. The molecule has 0 aliphatic heterocycles. The van der Waals surface area contributed by atoms with Crippen LogP contribution >= 0.6 is 50.6 Å². The largest absolute Gasteiger partial charge is 0.483 e. The summed E-state index contributed by atoms with van der Waals surface area (Å²) in [7, 11) is 0. The number of nitrogens with zero attached hydrogens (tertiary/aromatic N) is 4. The van der Waals surface area contributed by atoms with E-state index in [-0.39, 0.29) is 17.8 Å². The summed E-state index contributed by atoms with van der Waals surface area (Å²) in [6.07, 6.45) is -0.293. The van der Waals surface area contributed by atoms with Gasteiger partial charge in [-0.15, -0.1) is 21.5 Å². The summed E-state index contributed by atoms with van der Waals surface area (Å²) in [4.78, 5) is 17.0. The molecule has 0 spiro atoms. The number of rotatable bonds is 9. The molecule has 1 amide bonds. The lowest BCUT2D eigenvalue weighted by Crippen LogP contribution is -2.15. The van der Waals surface area contributed by atoms with Crippen molar-refractivity contribution in [2.24, 2.45) is 0 Å². The van der Waals surface area contributed by atoms with Gasteiger partial charge in [0.2, 0.25) is 5.91 Å². The maximum Gasteiger partial charge on any atom is 0.236 e. The smallest absolute Gasteiger partial charge is 0.236 e. The molecule has 0 fully saturated rings. The highest BCUT2D eigenvalue weighted by molar-refractivity contribution is 9.10. The summed E-state index contributed by atoms with van der Waals surface area (Å²) in [5, 5.41) is 15.2. The van der Waals surface area contributed by atoms with Crippen LogP contribution in [0.4, 0.5) is 5.13 Å². The molecule has 11 heteroatoms. The third kappa shape index (κ3) is 6.18. The number of ether oxygens (including phenoxy) is 1. The Morgan fingerprint density at radius 2 is 1.94 bits per heavy atom. The number of amides is 1. The summed E-state index contributed by atoms with van der Waals surface area (Å²) in [6.45, 7) is 4.61. The van der Waals surface area contributed by atoms with Crippen LogP contribution in [0.3, 0.4) is 0 Å². The van der Waals surface area contributed by atoms with E-state index in [4.69, 9.17) is 16.3 Å². The van der Waals surface area contributed by atoms with Gasteiger partial charge in [0, 0.05) is 27.0 Å². The number of thioether (sulfide) groups is 1. The van der Waals surface area contributed by atoms with Crippen LogP contribution in [0.2, 0.25) is 5.02 Å². The van der Waals surface area contributed by atoms with Gasteiger partial charge in [0.25, 0.3) is 0 Å². The zero-order valence-corrected chi connectivity index (χ0v) is 22.3. The first kappa shape index (κ1) is 24.7. The number of carbonyl (C=O) groups is 1. The molecule has 1 atom stereocenters. The lowest BCUT2D eigenvalue weighted by molar-refractivity contribution is -0.113. The summed E-state index contributed by atoms with van der Waals surface area (Å²) in [5.41, 5.74) is 1.73. The maximum atomic E-state index is 12.5. The summed E-state index contributed by atoms with van der Waals surface area (Å²) in [5.74, 6) is 1.49. The van der Waals surface area contributed by atoms with Crippen LogP contribution in [0, 0.1) is 0 Å². The minimum atomic E-state index is -0.293. The predicted molar refractivity (Wildman–Crippen MR) is 141 cm³/mol. The molecule has 176 valence electrons. The third-order valence-electron chi connectivity index (χ3n) is 4.77. The van der Waals surface area contributed by atoms with Crippen LogP contribution in [-0.2, 0) is 11.3 Å². The Bertz CT molecular complexity index is 1260. The molecule has 0 saturated heterocycles. The third-order valence-corrected chi connectivity index (χ3v) is 7.28. The minimum Gasteiger partial charge on any atom is -0.483 e. The number of hydrogen-bond donors (Lipinski definition) is 1. The average Bonchev–Trinajstić information content (AvgIpc) is 3.46. The van der Waals surface area contributed by atoms with Gasteiger partial charge in [0.05, 0.1) is 11.4 Å². The summed E-state index contributed by atoms with van der Waals surface area (Å²) >= 11 is 12.1. The van der Waals surface area contributed by atoms with E-state index in [1.165, 1.54) is 23.1 Å². The van der Waals surface area contributed by atoms with Crippen molar-refractivity contribution in [3.8, 4) is 17.0 Å². The van der Waals surface area contributed by atoms with Crippen LogP contribution in [-0.4, -0.2) is 31.4 Å². The van der Waals surface area contributed by atoms with Crippen molar-refractivity contribution in [2.45, 2.75) is 31.7 Å². The van der Waals surface area contributed by atoms with E-state index in [2.05, 4.69) is 36.4 Å². The zero-order valence-electron chi connectivity index (χ0n) is 18.4. The first-order valence-electron chi connectivity index (χ1n) is 10.4. The lowest BCUT2D eigenvalue weighted by Gasteiger charge is -2.15. The molecule has 4 rings (SSSR count). The Morgan fingerprint density at radius 3 is 2.65 bits per heavy atom. The average molecular weight is 579 g/mol. The van der Waals surface area contributed by atoms with Crippen LogP contribution in [0.25, 0.3) is 11.3 Å². The molecule has 1 N–H and O–H groups in total. The van der Waals surface area contributed by atoms with E-state index in [0.29, 0.717) is 27.7 Å². The SMILES string of the molecule is CCn1c(SCC(=O)Nc2nc(-c3ccc(Cl)cc3)cs2)nnc1C(C)Oc1ccc(Br)cc1. The van der Waals surface area contributed by atoms with Gasteiger partial charge in [-0.3, -0.25) is 4.79 Å². The molecule has 2 heterocycles. The molecular weight excluding hydrogens is 558 g/mol. The van der Waals surface area contributed by atoms with E-state index in [1.807, 2.05) is 72.3 Å². The number of thiazole rings is 1. The van der Waals surface area contributed by atoms with Crippen LogP contribution in [0.5, 0.6) is 5.75 Å². The Kier molecular flexibility index (Phi) is 8.25. The number of nitrogens with one attached hydrogen (secondary N) is 1. The van der Waals surface area contributed by atoms with Gasteiger partial charge in [-0.1, -0.05) is 51.4 Å². The van der Waals surface area contributed by atoms with Crippen molar-refractivity contribution in [3.63, 3.8) is 0 Å². The highest BCUT2D eigenvalue weighted by Gasteiger charge is 2.20. The van der Waals surface area contributed by atoms with Crippen molar-refractivity contribution in [2.75, 3.05) is 11.1 Å². The number of aromatic nitrogens is 4.